The Morgan fingerprint density at radius 2 is 1.04 bits per heavy atom. The minimum Gasteiger partial charge on any atom is -0.394 e. The first kappa shape index (κ1) is 55.3. The van der Waals surface area contributed by atoms with Crippen molar-refractivity contribution in [3.05, 3.63) is 74.8 Å². The van der Waals surface area contributed by atoms with Gasteiger partial charge in [0.15, 0.2) is 22.6 Å². The van der Waals surface area contributed by atoms with Crippen LogP contribution in [0.3, 0.4) is 0 Å². The molecular weight excluding hydrogens is 1110 g/mol. The Morgan fingerprint density at radius 1 is 0.590 bits per heavy atom. The van der Waals surface area contributed by atoms with Gasteiger partial charge in [-0.05, 0) is 12.1 Å². The van der Waals surface area contributed by atoms with E-state index >= 15 is 0 Å². The minimum atomic E-state index is -5.36. The number of aliphatic hydroxyl groups is 2. The van der Waals surface area contributed by atoms with Gasteiger partial charge in [-0.25, -0.2) is 43.2 Å². The van der Waals surface area contributed by atoms with E-state index in [0.29, 0.717) is 5.65 Å². The lowest BCUT2D eigenvalue weighted by Crippen LogP contribution is -2.31. The summed E-state index contributed by atoms with van der Waals surface area (Å²) in [5.74, 6) is -0.420. The molecule has 40 heteroatoms. The van der Waals surface area contributed by atoms with Gasteiger partial charge in [-0.1, -0.05) is 0 Å². The number of aromatic nitrogens is 12. The van der Waals surface area contributed by atoms with E-state index in [-0.39, 0.29) is 59.3 Å². The van der Waals surface area contributed by atoms with E-state index in [1.54, 1.807) is 0 Å². The third-order valence-corrected chi connectivity index (χ3v) is 15.8. The van der Waals surface area contributed by atoms with Crippen LogP contribution in [0.2, 0.25) is 0 Å². The fraction of sp³-hybridized carbons (Fsp3) is 0.526. The standard InChI is InChI=1S/C38H49N16O21P3/c39-24-1-3-51(37(58)47-24)27-7-18(74-76(60,61)66-10-21-16(56)5-26(70-21)53-14-45-30-32(41)43-13-44-33(30)53)23(72-27)12-68-78(64,65)75-19-8-28(52-4-2-25(40)48-38(52)59)71-22(19)11-67-77(62,63)73-17-6-29(69-20(17)9-55)54-15-46-31-34(54)49-36(42)50-35(31)57/h1-4,13-23,26-29,55-56H,5-12H2,(H,60,61)(H,62,63)(H,64,65)(H2,39,47,58)(H2,40,48,59)(H2,41,43,44)(H3,42,49,50,57)/t16-,17-,18-,19-,20+,21+,22+,23+,26+,27+,28+,29+/m0/s1. The van der Waals surface area contributed by atoms with Crippen LogP contribution in [0, 0.1) is 0 Å². The highest BCUT2D eigenvalue weighted by Gasteiger charge is 2.48. The lowest BCUT2D eigenvalue weighted by atomic mass is 10.2. The van der Waals surface area contributed by atoms with E-state index in [2.05, 4.69) is 39.9 Å². The fourth-order valence-electron chi connectivity index (χ4n) is 9.08. The Bertz CT molecular complexity index is 3530. The number of nitrogens with two attached hydrogens (primary N) is 4. The highest BCUT2D eigenvalue weighted by molar-refractivity contribution is 7.48. The van der Waals surface area contributed by atoms with Crippen molar-refractivity contribution in [1.29, 1.82) is 0 Å². The maximum atomic E-state index is 13.8. The van der Waals surface area contributed by atoms with Crippen LogP contribution in [0.15, 0.2) is 57.9 Å². The zero-order valence-corrected chi connectivity index (χ0v) is 42.6. The van der Waals surface area contributed by atoms with E-state index in [0.717, 1.165) is 9.13 Å². The molecule has 0 saturated carbocycles. The van der Waals surface area contributed by atoms with E-state index < -0.39 is 147 Å². The smallest absolute Gasteiger partial charge is 0.394 e. The molecule has 422 valence electrons. The van der Waals surface area contributed by atoms with Crippen LogP contribution in [0.4, 0.5) is 23.4 Å². The average Bonchev–Trinajstić information content (AvgIpc) is 4.27. The predicted molar refractivity (Wildman–Crippen MR) is 257 cm³/mol. The molecule has 4 aliphatic rings. The molecule has 0 spiro atoms. The topological polar surface area (TPSA) is 526 Å². The van der Waals surface area contributed by atoms with Gasteiger partial charge in [-0.3, -0.25) is 55.2 Å². The summed E-state index contributed by atoms with van der Waals surface area (Å²) in [5.41, 5.74) is 21.0. The number of imidazole rings is 2. The molecule has 3 unspecified atom stereocenters. The van der Waals surface area contributed by atoms with Gasteiger partial charge in [0.05, 0.1) is 45.2 Å². The summed E-state index contributed by atoms with van der Waals surface area (Å²) in [6, 6.07) is 2.51. The minimum absolute atomic E-state index is 0.00999. The molecule has 0 aromatic carbocycles. The zero-order valence-electron chi connectivity index (χ0n) is 40.0. The van der Waals surface area contributed by atoms with E-state index in [9.17, 15) is 53.0 Å². The van der Waals surface area contributed by atoms with Gasteiger partial charge in [0.25, 0.3) is 5.56 Å². The molecule has 0 amide bonds. The molecule has 15 atom stereocenters. The number of aliphatic hydroxyl groups excluding tert-OH is 2. The number of rotatable bonds is 20. The van der Waals surface area contributed by atoms with Crippen molar-refractivity contribution in [3.63, 3.8) is 0 Å². The summed E-state index contributed by atoms with van der Waals surface area (Å²) in [5, 5.41) is 20.9. The van der Waals surface area contributed by atoms with E-state index in [1.807, 2.05) is 0 Å². The van der Waals surface area contributed by atoms with Crippen LogP contribution >= 0.6 is 23.5 Å². The summed E-state index contributed by atoms with van der Waals surface area (Å²) in [7, 11) is -15.7. The number of fused-ring (bicyclic) bond motifs is 2. The van der Waals surface area contributed by atoms with Crippen LogP contribution < -0.4 is 39.9 Å². The predicted octanol–water partition coefficient (Wildman–Crippen LogP) is -2.19. The number of ether oxygens (including phenoxy) is 4. The number of nitrogens with one attached hydrogen (secondary N) is 1. The number of aromatic amines is 1. The van der Waals surface area contributed by atoms with Gasteiger partial charge in [0.1, 0.15) is 91.1 Å². The molecular formula is C38H49N16O21P3. The first-order valence-electron chi connectivity index (χ1n) is 23.2. The van der Waals surface area contributed by atoms with Crippen LogP contribution in [0.25, 0.3) is 22.3 Å². The van der Waals surface area contributed by atoms with Gasteiger partial charge >= 0.3 is 34.8 Å². The number of phosphoric acid groups is 3. The second-order valence-electron chi connectivity index (χ2n) is 17.9. The van der Waals surface area contributed by atoms with Crippen LogP contribution in [0.1, 0.15) is 50.6 Å². The lowest BCUT2D eigenvalue weighted by Gasteiger charge is -2.25. The number of nitrogens with zero attached hydrogens (tertiary/aromatic N) is 11. The Hall–Kier alpha value is -6.05. The maximum Gasteiger partial charge on any atom is 0.472 e. The van der Waals surface area contributed by atoms with Gasteiger partial charge in [-0.2, -0.15) is 15.0 Å². The lowest BCUT2D eigenvalue weighted by molar-refractivity contribution is -0.0634. The fourth-order valence-corrected chi connectivity index (χ4v) is 12.0. The Labute approximate surface area is 434 Å². The van der Waals surface area contributed by atoms with Crippen molar-refractivity contribution in [3.8, 4) is 0 Å². The molecule has 6 aromatic heterocycles. The summed E-state index contributed by atoms with van der Waals surface area (Å²) >= 11 is 0. The van der Waals surface area contributed by atoms with E-state index in [1.165, 1.54) is 52.6 Å². The summed E-state index contributed by atoms with van der Waals surface area (Å²) in [6.45, 7) is -3.27. The Kier molecular flexibility index (Phi) is 15.5. The van der Waals surface area contributed by atoms with Gasteiger partial charge < -0.3 is 66.8 Å². The Morgan fingerprint density at radius 3 is 1.56 bits per heavy atom. The molecule has 0 aliphatic carbocycles. The number of phosphoric ester groups is 3. The number of hydrogen-bond acceptors (Lipinski definition) is 29. The average molecular weight is 1160 g/mol. The molecule has 4 fully saturated rings. The van der Waals surface area contributed by atoms with Gasteiger partial charge in [-0.15, -0.1) is 0 Å². The molecule has 10 rings (SSSR count). The molecule has 37 nitrogen and oxygen atoms in total. The van der Waals surface area contributed by atoms with Crippen LogP contribution in [0.5, 0.6) is 0 Å². The molecule has 78 heavy (non-hydrogen) atoms. The van der Waals surface area contributed by atoms with Gasteiger partial charge in [0.2, 0.25) is 5.95 Å². The van der Waals surface area contributed by atoms with Crippen LogP contribution in [-0.4, -0.2) is 158 Å². The monoisotopic (exact) mass is 1160 g/mol. The molecule has 4 aliphatic heterocycles. The number of H-pyrrole nitrogens is 1. The summed E-state index contributed by atoms with van der Waals surface area (Å²) in [4.78, 5) is 101. The molecule has 0 bridgehead atoms. The first-order valence-corrected chi connectivity index (χ1v) is 27.7. The quantitative estimate of drug-likeness (QED) is 0.0363. The van der Waals surface area contributed by atoms with Crippen molar-refractivity contribution >= 4 is 69.2 Å². The molecule has 6 aromatic rings. The number of anilines is 4. The van der Waals surface area contributed by atoms with Crippen molar-refractivity contribution in [2.24, 2.45) is 0 Å². The molecule has 0 radical (unpaired) electrons. The number of nitrogen functional groups attached to an aromatic ring is 4. The summed E-state index contributed by atoms with van der Waals surface area (Å²) < 4.78 is 102. The largest absolute Gasteiger partial charge is 0.472 e. The number of hydrogen-bond donors (Lipinski definition) is 10. The van der Waals surface area contributed by atoms with Crippen molar-refractivity contribution in [1.82, 2.24) is 58.1 Å². The highest BCUT2D eigenvalue weighted by Crippen LogP contribution is 2.53. The summed E-state index contributed by atoms with van der Waals surface area (Å²) in [6.07, 6.45) is -10.6. The molecule has 10 heterocycles. The van der Waals surface area contributed by atoms with Crippen molar-refractivity contribution in [2.45, 2.75) is 99.4 Å². The second-order valence-corrected chi connectivity index (χ2v) is 22.1. The first-order chi connectivity index (χ1) is 37.0. The van der Waals surface area contributed by atoms with Crippen molar-refractivity contribution < 1.29 is 84.7 Å². The third kappa shape index (κ3) is 11.9. The molecule has 4 saturated heterocycles. The van der Waals surface area contributed by atoms with Crippen LogP contribution in [-0.2, 0) is 59.8 Å². The van der Waals surface area contributed by atoms with Gasteiger partial charge in [0, 0.05) is 38.1 Å². The van der Waals surface area contributed by atoms with E-state index in [4.69, 9.17) is 69.0 Å². The van der Waals surface area contributed by atoms with Crippen molar-refractivity contribution in [2.75, 3.05) is 49.4 Å². The third-order valence-electron chi connectivity index (χ3n) is 12.7. The maximum absolute atomic E-state index is 13.8. The Balaban J connectivity index is 0.807. The highest BCUT2D eigenvalue weighted by atomic mass is 31.2. The molecule has 14 N–H and O–H groups in total. The normalized spacial score (nSPS) is 29.8. The zero-order chi connectivity index (χ0) is 55.4. The second kappa shape index (κ2) is 21.9. The SMILES string of the molecule is Nc1ccn([C@H]2C[C@H](OP(=O)(O)OC[C@H]3O[C@@H](n4cnc5c(N)ncnc54)C[C@@H]3O)[C@@H](COP(=O)(O)O[C@H]3C[C@H](n4ccc(N)nc4=O)O[C@@H]3COP(=O)(O)O[C@H]3C[C@H](n4cnc5c(=O)[nH]c(N)nc54)O[C@@H]3CO)O2)c(=O)n1.